The Morgan fingerprint density at radius 1 is 0.857 bits per heavy atom. The highest BCUT2D eigenvalue weighted by Crippen LogP contribution is 2.34. The van der Waals surface area contributed by atoms with Crippen LogP contribution < -0.4 is 9.47 Å². The smallest absolute Gasteiger partial charge is 0.303 e. The highest BCUT2D eigenvalue weighted by atomic mass is 35.5. The minimum atomic E-state index is -0.496. The molecule has 8 heteroatoms. The molecule has 2 atom stereocenters. The molecule has 0 aliphatic carbocycles. The van der Waals surface area contributed by atoms with E-state index in [1.807, 2.05) is 43.3 Å². The van der Waals surface area contributed by atoms with E-state index in [-0.39, 0.29) is 43.1 Å². The largest absolute Gasteiger partial charge is 0.490 e. The maximum Gasteiger partial charge on any atom is 0.303 e. The van der Waals surface area contributed by atoms with Crippen molar-refractivity contribution in [3.63, 3.8) is 0 Å². The Balaban J connectivity index is 2.06. The number of esters is 2. The maximum atomic E-state index is 11.2. The highest BCUT2D eigenvalue weighted by molar-refractivity contribution is 6.18. The monoisotopic (exact) mass is 506 g/mol. The number of carbonyl (C=O) groups excluding carboxylic acids is 2. The second kappa shape index (κ2) is 13.4. The predicted octanol–water partition coefficient (Wildman–Crippen LogP) is 4.83. The van der Waals surface area contributed by atoms with E-state index in [0.29, 0.717) is 11.5 Å². The summed E-state index contributed by atoms with van der Waals surface area (Å²) in [5.74, 6) is 0.806. The van der Waals surface area contributed by atoms with Crippen molar-refractivity contribution in [2.24, 2.45) is 0 Å². The summed E-state index contributed by atoms with van der Waals surface area (Å²) >= 11 is 5.86. The van der Waals surface area contributed by atoms with Crippen molar-refractivity contribution in [3.8, 4) is 11.5 Å². The molecule has 2 rings (SSSR count). The fourth-order valence-electron chi connectivity index (χ4n) is 3.59. The zero-order valence-electron chi connectivity index (χ0n) is 21.3. The molecule has 0 bridgehead atoms. The van der Waals surface area contributed by atoms with Gasteiger partial charge in [0.2, 0.25) is 0 Å². The normalized spacial score (nSPS) is 13.0. The van der Waals surface area contributed by atoms with Crippen LogP contribution in [-0.2, 0) is 29.2 Å². The molecule has 2 aromatic rings. The Labute approximate surface area is 212 Å². The topological polar surface area (TPSA) is 80.3 Å². The minimum absolute atomic E-state index is 0.167. The number of rotatable bonds is 13. The molecule has 7 nitrogen and oxygen atoms in total. The molecule has 0 fully saturated rings. The molecule has 0 spiro atoms. The van der Waals surface area contributed by atoms with Crippen LogP contribution in [0.1, 0.15) is 44.4 Å². The first-order valence-electron chi connectivity index (χ1n) is 11.4. The van der Waals surface area contributed by atoms with Gasteiger partial charge in [0.1, 0.15) is 30.8 Å². The molecule has 192 valence electrons. The summed E-state index contributed by atoms with van der Waals surface area (Å²) < 4.78 is 27.1. The fraction of sp³-hybridized carbons (Fsp3) is 0.481. The Bertz CT molecular complexity index is 972. The lowest BCUT2D eigenvalue weighted by Crippen LogP contribution is -2.28. The summed E-state index contributed by atoms with van der Waals surface area (Å²) in [6.07, 6.45) is -0.963. The molecular weight excluding hydrogens is 472 g/mol. The number of alkyl halides is 1. The van der Waals surface area contributed by atoms with Gasteiger partial charge in [-0.2, -0.15) is 0 Å². The number of ether oxygens (including phenoxy) is 5. The van der Waals surface area contributed by atoms with Gasteiger partial charge in [0.15, 0.2) is 6.10 Å². The van der Waals surface area contributed by atoms with Crippen molar-refractivity contribution in [3.05, 3.63) is 59.2 Å². The molecular formula is C27H35ClO7. The van der Waals surface area contributed by atoms with Crippen LogP contribution in [-0.4, -0.2) is 57.0 Å². The first kappa shape index (κ1) is 28.5. The van der Waals surface area contributed by atoms with Gasteiger partial charge in [-0.05, 0) is 41.8 Å². The minimum Gasteiger partial charge on any atom is -0.490 e. The fourth-order valence-corrected chi connectivity index (χ4v) is 3.74. The number of hydrogen-bond donors (Lipinski definition) is 0. The molecule has 0 amide bonds. The van der Waals surface area contributed by atoms with Gasteiger partial charge in [0.05, 0.1) is 12.5 Å². The van der Waals surface area contributed by atoms with Crippen LogP contribution in [0.4, 0.5) is 0 Å². The Morgan fingerprint density at radius 3 is 1.97 bits per heavy atom. The van der Waals surface area contributed by atoms with Gasteiger partial charge in [0, 0.05) is 26.4 Å². The van der Waals surface area contributed by atoms with Crippen molar-refractivity contribution in [1.29, 1.82) is 0 Å². The quantitative estimate of drug-likeness (QED) is 0.284. The van der Waals surface area contributed by atoms with Crippen LogP contribution in [0, 0.1) is 6.92 Å². The molecule has 0 saturated carbocycles. The second-order valence-corrected chi connectivity index (χ2v) is 9.13. The number of carbonyl (C=O) groups is 2. The average Bonchev–Trinajstić information content (AvgIpc) is 2.80. The lowest BCUT2D eigenvalue weighted by atomic mass is 9.77. The summed E-state index contributed by atoms with van der Waals surface area (Å²) in [6.45, 7) is 9.65. The molecule has 0 radical (unpaired) electrons. The predicted molar refractivity (Wildman–Crippen MR) is 134 cm³/mol. The van der Waals surface area contributed by atoms with E-state index < -0.39 is 12.2 Å². The first-order chi connectivity index (χ1) is 16.6. The highest BCUT2D eigenvalue weighted by Gasteiger charge is 2.24. The Morgan fingerprint density at radius 2 is 1.43 bits per heavy atom. The molecule has 0 saturated heterocycles. The third-order valence-corrected chi connectivity index (χ3v) is 5.87. The van der Waals surface area contributed by atoms with Crippen molar-refractivity contribution < 1.29 is 33.3 Å². The van der Waals surface area contributed by atoms with Crippen molar-refractivity contribution >= 4 is 23.5 Å². The number of hydrogen-bond acceptors (Lipinski definition) is 7. The van der Waals surface area contributed by atoms with Crippen molar-refractivity contribution in [2.45, 2.75) is 52.2 Å². The SMILES string of the molecule is COC[C@@H](COc1ccc(C(C)(C)c2ccc(OC[C@H](CCl)OC(C)=O)c(C)c2)cc1)OC(C)=O. The average molecular weight is 507 g/mol. The molecule has 0 aliphatic rings. The molecule has 0 aromatic heterocycles. The van der Waals surface area contributed by atoms with Crippen molar-refractivity contribution in [2.75, 3.05) is 32.8 Å². The molecule has 0 aliphatic heterocycles. The van der Waals surface area contributed by atoms with Crippen LogP contribution in [0.5, 0.6) is 11.5 Å². The Hall–Kier alpha value is -2.77. The van der Waals surface area contributed by atoms with E-state index in [2.05, 4.69) is 19.9 Å². The molecule has 0 heterocycles. The number of aryl methyl sites for hydroxylation is 1. The number of halogens is 1. The van der Waals surface area contributed by atoms with E-state index in [4.69, 9.17) is 35.3 Å². The van der Waals surface area contributed by atoms with Gasteiger partial charge in [-0.15, -0.1) is 11.6 Å². The summed E-state index contributed by atoms with van der Waals surface area (Å²) in [5.41, 5.74) is 2.94. The van der Waals surface area contributed by atoms with Gasteiger partial charge in [-0.3, -0.25) is 9.59 Å². The molecule has 2 aromatic carbocycles. The zero-order chi connectivity index (χ0) is 26.0. The number of benzene rings is 2. The van der Waals surface area contributed by atoms with Gasteiger partial charge in [-0.25, -0.2) is 0 Å². The van der Waals surface area contributed by atoms with Gasteiger partial charge >= 0.3 is 11.9 Å². The molecule has 0 unspecified atom stereocenters. The Kier molecular flexibility index (Phi) is 10.9. The van der Waals surface area contributed by atoms with E-state index in [1.54, 1.807) is 7.11 Å². The van der Waals surface area contributed by atoms with Crippen LogP contribution in [0.15, 0.2) is 42.5 Å². The zero-order valence-corrected chi connectivity index (χ0v) is 22.0. The van der Waals surface area contributed by atoms with Crippen LogP contribution in [0.2, 0.25) is 0 Å². The number of methoxy groups -OCH3 is 1. The van der Waals surface area contributed by atoms with Crippen LogP contribution in [0.3, 0.4) is 0 Å². The van der Waals surface area contributed by atoms with Gasteiger partial charge < -0.3 is 23.7 Å². The van der Waals surface area contributed by atoms with E-state index in [0.717, 1.165) is 16.7 Å². The van der Waals surface area contributed by atoms with E-state index in [9.17, 15) is 9.59 Å². The second-order valence-electron chi connectivity index (χ2n) is 8.82. The third-order valence-electron chi connectivity index (χ3n) is 5.52. The lowest BCUT2D eigenvalue weighted by Gasteiger charge is -2.27. The van der Waals surface area contributed by atoms with Gasteiger partial charge in [-0.1, -0.05) is 38.1 Å². The molecule has 35 heavy (non-hydrogen) atoms. The summed E-state index contributed by atoms with van der Waals surface area (Å²) in [6, 6.07) is 13.9. The summed E-state index contributed by atoms with van der Waals surface area (Å²) in [4.78, 5) is 22.4. The van der Waals surface area contributed by atoms with Crippen molar-refractivity contribution in [1.82, 2.24) is 0 Å². The standard InChI is InChI=1S/C27H35ClO7/c1-18-13-22(9-12-26(18)33-16-24(14-28)34-19(2)29)27(4,5)21-7-10-23(11-8-21)32-17-25(15-31-6)35-20(3)30/h7-13,24-25H,14-17H2,1-6H3/t24-,25-/m0/s1. The maximum absolute atomic E-state index is 11.2. The molecule has 0 N–H and O–H groups in total. The third kappa shape index (κ3) is 8.75. The van der Waals surface area contributed by atoms with E-state index in [1.165, 1.54) is 13.8 Å². The van der Waals surface area contributed by atoms with Crippen LogP contribution in [0.25, 0.3) is 0 Å². The van der Waals surface area contributed by atoms with E-state index >= 15 is 0 Å². The van der Waals surface area contributed by atoms with Gasteiger partial charge in [0.25, 0.3) is 0 Å². The first-order valence-corrected chi connectivity index (χ1v) is 12.0. The van der Waals surface area contributed by atoms with Crippen LogP contribution >= 0.6 is 11.6 Å². The summed E-state index contributed by atoms with van der Waals surface area (Å²) in [7, 11) is 1.55. The lowest BCUT2D eigenvalue weighted by molar-refractivity contribution is -0.150. The summed E-state index contributed by atoms with van der Waals surface area (Å²) in [5, 5.41) is 0.